The van der Waals surface area contributed by atoms with Gasteiger partial charge < -0.3 is 0 Å². The molecule has 0 N–H and O–H groups in total. The van der Waals surface area contributed by atoms with Crippen molar-refractivity contribution in [2.24, 2.45) is 0 Å². The Balaban J connectivity index is 1.42. The number of halogens is 1. The molecule has 1 aromatic heterocycles. The first-order chi connectivity index (χ1) is 15.1. The van der Waals surface area contributed by atoms with Gasteiger partial charge in [-0.1, -0.05) is 53.9 Å². The fourth-order valence-corrected chi connectivity index (χ4v) is 4.07. The summed E-state index contributed by atoms with van der Waals surface area (Å²) >= 11 is 5.96. The maximum absolute atomic E-state index is 5.96. The van der Waals surface area contributed by atoms with Gasteiger partial charge in [-0.2, -0.15) is 0 Å². The van der Waals surface area contributed by atoms with E-state index in [2.05, 4.69) is 65.9 Å². The standard InChI is InChI=1S/C28H27ClN2/c1-21(19-22(2)31-17-3-4-18-31)24-8-5-23(6-9-24)7-15-28-16-12-26(20-30-28)25-10-13-27(29)14-11-25/h5-6,8-14,16,19-20,22H,3-4,17-18H2,1-2H3/t22-/m1/s1. The Labute approximate surface area is 190 Å². The second-order valence-electron chi connectivity index (χ2n) is 8.10. The molecule has 1 aliphatic rings. The van der Waals surface area contributed by atoms with Gasteiger partial charge in [0.2, 0.25) is 0 Å². The lowest BCUT2D eigenvalue weighted by Crippen LogP contribution is -2.28. The number of likely N-dealkylation sites (tertiary alicyclic amines) is 1. The fraction of sp³-hybridized carbons (Fsp3) is 0.250. The van der Waals surface area contributed by atoms with Crippen LogP contribution in [0.25, 0.3) is 16.7 Å². The SMILES string of the molecule is CC(=C[C@@H](C)N1CCCC1)c1ccc(C#Cc2ccc(-c3ccc(Cl)cc3)cn2)cc1. The van der Waals surface area contributed by atoms with Gasteiger partial charge in [-0.05, 0) is 92.7 Å². The molecule has 0 radical (unpaired) electrons. The smallest absolute Gasteiger partial charge is 0.113 e. The molecule has 0 amide bonds. The molecule has 156 valence electrons. The number of hydrogen-bond acceptors (Lipinski definition) is 2. The molecule has 31 heavy (non-hydrogen) atoms. The van der Waals surface area contributed by atoms with Crippen molar-refractivity contribution in [3.63, 3.8) is 0 Å². The average Bonchev–Trinajstić information content (AvgIpc) is 3.34. The van der Waals surface area contributed by atoms with Gasteiger partial charge in [0.15, 0.2) is 0 Å². The van der Waals surface area contributed by atoms with Gasteiger partial charge in [0.1, 0.15) is 5.69 Å². The minimum atomic E-state index is 0.490. The first-order valence-corrected chi connectivity index (χ1v) is 11.2. The Morgan fingerprint density at radius 3 is 2.26 bits per heavy atom. The number of aromatic nitrogens is 1. The molecule has 1 atom stereocenters. The van der Waals surface area contributed by atoms with Crippen LogP contribution >= 0.6 is 11.6 Å². The number of nitrogens with zero attached hydrogens (tertiary/aromatic N) is 2. The monoisotopic (exact) mass is 426 g/mol. The van der Waals surface area contributed by atoms with Crippen LogP contribution in [0.2, 0.25) is 5.02 Å². The summed E-state index contributed by atoms with van der Waals surface area (Å²) in [5.41, 5.74) is 6.47. The lowest BCUT2D eigenvalue weighted by Gasteiger charge is -2.21. The summed E-state index contributed by atoms with van der Waals surface area (Å²) in [5, 5.41) is 0.733. The van der Waals surface area contributed by atoms with E-state index in [0.29, 0.717) is 6.04 Å². The van der Waals surface area contributed by atoms with Gasteiger partial charge in [-0.25, -0.2) is 4.98 Å². The van der Waals surface area contributed by atoms with Crippen LogP contribution in [0, 0.1) is 11.8 Å². The first-order valence-electron chi connectivity index (χ1n) is 10.9. The van der Waals surface area contributed by atoms with Crippen molar-refractivity contribution >= 4 is 17.2 Å². The number of rotatable bonds is 4. The molecule has 3 heteroatoms. The average molecular weight is 427 g/mol. The molecular weight excluding hydrogens is 400 g/mol. The highest BCUT2D eigenvalue weighted by Gasteiger charge is 2.16. The molecular formula is C28H27ClN2. The highest BCUT2D eigenvalue weighted by molar-refractivity contribution is 6.30. The fourth-order valence-electron chi connectivity index (χ4n) is 3.95. The van der Waals surface area contributed by atoms with Crippen molar-refractivity contribution < 1.29 is 0 Å². The van der Waals surface area contributed by atoms with Crippen molar-refractivity contribution in [2.45, 2.75) is 32.7 Å². The molecule has 1 fully saturated rings. The normalized spacial score (nSPS) is 15.4. The Morgan fingerprint density at radius 2 is 1.61 bits per heavy atom. The van der Waals surface area contributed by atoms with Crippen LogP contribution in [-0.4, -0.2) is 29.0 Å². The van der Waals surface area contributed by atoms with E-state index < -0.39 is 0 Å². The molecule has 2 aromatic carbocycles. The van der Waals surface area contributed by atoms with Crippen molar-refractivity contribution in [1.29, 1.82) is 0 Å². The maximum atomic E-state index is 5.96. The molecule has 3 aromatic rings. The van der Waals surface area contributed by atoms with Crippen LogP contribution < -0.4 is 0 Å². The molecule has 0 saturated carbocycles. The van der Waals surface area contributed by atoms with Crippen LogP contribution in [0.3, 0.4) is 0 Å². The second-order valence-corrected chi connectivity index (χ2v) is 8.54. The topological polar surface area (TPSA) is 16.1 Å². The van der Waals surface area contributed by atoms with E-state index in [1.54, 1.807) is 0 Å². The predicted octanol–water partition coefficient (Wildman–Crippen LogP) is 6.69. The summed E-state index contributed by atoms with van der Waals surface area (Å²) in [5.74, 6) is 6.38. The zero-order valence-electron chi connectivity index (χ0n) is 18.1. The molecule has 1 saturated heterocycles. The van der Waals surface area contributed by atoms with E-state index in [1.807, 2.05) is 42.6 Å². The van der Waals surface area contributed by atoms with Crippen LogP contribution in [0.4, 0.5) is 0 Å². The summed E-state index contributed by atoms with van der Waals surface area (Å²) in [7, 11) is 0. The Morgan fingerprint density at radius 1 is 0.935 bits per heavy atom. The summed E-state index contributed by atoms with van der Waals surface area (Å²) in [6.07, 6.45) is 6.87. The second kappa shape index (κ2) is 9.96. The summed E-state index contributed by atoms with van der Waals surface area (Å²) in [6, 6.07) is 20.7. The van der Waals surface area contributed by atoms with Crippen molar-refractivity contribution in [2.75, 3.05) is 13.1 Å². The molecule has 0 spiro atoms. The molecule has 1 aliphatic heterocycles. The third-order valence-corrected chi connectivity index (χ3v) is 6.08. The summed E-state index contributed by atoms with van der Waals surface area (Å²) in [6.45, 7) is 6.92. The van der Waals surface area contributed by atoms with E-state index in [1.165, 1.54) is 37.1 Å². The Kier molecular flexibility index (Phi) is 6.87. The Bertz CT molecular complexity index is 1090. The zero-order valence-corrected chi connectivity index (χ0v) is 18.9. The van der Waals surface area contributed by atoms with Gasteiger partial charge >= 0.3 is 0 Å². The molecule has 0 bridgehead atoms. The summed E-state index contributed by atoms with van der Waals surface area (Å²) < 4.78 is 0. The molecule has 4 rings (SSSR count). The third kappa shape index (κ3) is 5.64. The van der Waals surface area contributed by atoms with Gasteiger partial charge in [0, 0.05) is 28.4 Å². The van der Waals surface area contributed by atoms with E-state index in [0.717, 1.165) is 27.4 Å². The number of benzene rings is 2. The van der Waals surface area contributed by atoms with Crippen LogP contribution in [0.5, 0.6) is 0 Å². The number of pyridine rings is 1. The highest BCUT2D eigenvalue weighted by Crippen LogP contribution is 2.21. The molecule has 0 aliphatic carbocycles. The lowest BCUT2D eigenvalue weighted by molar-refractivity contribution is 0.300. The third-order valence-electron chi connectivity index (χ3n) is 5.82. The minimum absolute atomic E-state index is 0.490. The Hall–Kier alpha value is -2.86. The molecule has 2 heterocycles. The van der Waals surface area contributed by atoms with Crippen LogP contribution in [-0.2, 0) is 0 Å². The van der Waals surface area contributed by atoms with Crippen molar-refractivity contribution in [1.82, 2.24) is 9.88 Å². The van der Waals surface area contributed by atoms with Crippen molar-refractivity contribution in [3.8, 4) is 23.0 Å². The van der Waals surface area contributed by atoms with E-state index in [-0.39, 0.29) is 0 Å². The minimum Gasteiger partial charge on any atom is -0.297 e. The van der Waals surface area contributed by atoms with Gasteiger partial charge in [-0.3, -0.25) is 4.90 Å². The first kappa shape index (κ1) is 21.4. The number of hydrogen-bond donors (Lipinski definition) is 0. The molecule has 2 nitrogen and oxygen atoms in total. The molecule has 0 unspecified atom stereocenters. The van der Waals surface area contributed by atoms with Gasteiger partial charge in [0.05, 0.1) is 0 Å². The van der Waals surface area contributed by atoms with E-state index in [9.17, 15) is 0 Å². The quantitative estimate of drug-likeness (QED) is 0.432. The largest absolute Gasteiger partial charge is 0.297 e. The maximum Gasteiger partial charge on any atom is 0.113 e. The van der Waals surface area contributed by atoms with Gasteiger partial charge in [0.25, 0.3) is 0 Å². The predicted molar refractivity (Wildman–Crippen MR) is 131 cm³/mol. The number of allylic oxidation sites excluding steroid dienone is 1. The zero-order chi connectivity index (χ0) is 21.6. The van der Waals surface area contributed by atoms with Gasteiger partial charge in [-0.15, -0.1) is 0 Å². The van der Waals surface area contributed by atoms with E-state index >= 15 is 0 Å². The lowest BCUT2D eigenvalue weighted by atomic mass is 10.0. The van der Waals surface area contributed by atoms with Crippen molar-refractivity contribution in [3.05, 3.63) is 94.8 Å². The van der Waals surface area contributed by atoms with Crippen LogP contribution in [0.15, 0.2) is 72.9 Å². The highest BCUT2D eigenvalue weighted by atomic mass is 35.5. The van der Waals surface area contributed by atoms with Crippen LogP contribution in [0.1, 0.15) is 43.5 Å². The van der Waals surface area contributed by atoms with E-state index in [4.69, 9.17) is 11.6 Å². The summed E-state index contributed by atoms with van der Waals surface area (Å²) in [4.78, 5) is 7.04.